The Labute approximate surface area is 85.3 Å². The van der Waals surface area contributed by atoms with Crippen LogP contribution in [0.5, 0.6) is 5.75 Å². The van der Waals surface area contributed by atoms with E-state index in [1.165, 1.54) is 19.4 Å². The second-order valence-corrected chi connectivity index (χ2v) is 3.84. The molecule has 14 heavy (non-hydrogen) atoms. The molecule has 1 fully saturated rings. The fourth-order valence-electron chi connectivity index (χ4n) is 1.80. The third-order valence-corrected chi connectivity index (χ3v) is 2.63. The first kappa shape index (κ1) is 9.53. The van der Waals surface area contributed by atoms with Crippen LogP contribution in [0.25, 0.3) is 0 Å². The molecule has 0 bridgehead atoms. The van der Waals surface area contributed by atoms with Crippen molar-refractivity contribution in [2.75, 3.05) is 19.7 Å². The second kappa shape index (κ2) is 5.01. The zero-order valence-corrected chi connectivity index (χ0v) is 8.41. The summed E-state index contributed by atoms with van der Waals surface area (Å²) in [5.74, 6) is 1.67. The molecular weight excluding hydrogens is 174 g/mol. The number of nitrogens with one attached hydrogen (secondary N) is 1. The van der Waals surface area contributed by atoms with Crippen molar-refractivity contribution >= 4 is 0 Å². The van der Waals surface area contributed by atoms with Gasteiger partial charge in [-0.2, -0.15) is 0 Å². The Morgan fingerprint density at radius 2 is 2.14 bits per heavy atom. The third-order valence-electron chi connectivity index (χ3n) is 2.63. The molecule has 0 unspecified atom stereocenters. The molecule has 1 atom stereocenters. The van der Waals surface area contributed by atoms with Crippen LogP contribution in [0, 0.1) is 5.92 Å². The van der Waals surface area contributed by atoms with Crippen LogP contribution in [0.15, 0.2) is 30.3 Å². The van der Waals surface area contributed by atoms with Crippen LogP contribution in [-0.4, -0.2) is 19.7 Å². The molecule has 0 aromatic heterocycles. The van der Waals surface area contributed by atoms with Crippen LogP contribution in [-0.2, 0) is 0 Å². The molecule has 1 N–H and O–H groups in total. The highest BCUT2D eigenvalue weighted by atomic mass is 16.5. The quantitative estimate of drug-likeness (QED) is 0.789. The van der Waals surface area contributed by atoms with E-state index >= 15 is 0 Å². The number of benzene rings is 1. The van der Waals surface area contributed by atoms with E-state index in [-0.39, 0.29) is 0 Å². The Bertz CT molecular complexity index is 254. The maximum absolute atomic E-state index is 5.71. The standard InChI is InChI=1S/C12H17NO/c1-2-6-12(7-3-1)14-10-11-5-4-8-13-9-11/h1-3,6-7,11,13H,4-5,8-10H2/t11-/m1/s1. The van der Waals surface area contributed by atoms with Gasteiger partial charge in [0.1, 0.15) is 5.75 Å². The molecule has 1 aromatic carbocycles. The monoisotopic (exact) mass is 191 g/mol. The summed E-state index contributed by atoms with van der Waals surface area (Å²) in [7, 11) is 0. The zero-order chi connectivity index (χ0) is 9.64. The summed E-state index contributed by atoms with van der Waals surface area (Å²) in [6.07, 6.45) is 2.57. The van der Waals surface area contributed by atoms with E-state index in [4.69, 9.17) is 4.74 Å². The van der Waals surface area contributed by atoms with Crippen molar-refractivity contribution in [3.63, 3.8) is 0 Å². The number of rotatable bonds is 3. The molecule has 2 rings (SSSR count). The van der Waals surface area contributed by atoms with E-state index in [0.29, 0.717) is 5.92 Å². The molecule has 1 aliphatic rings. The minimum atomic E-state index is 0.684. The van der Waals surface area contributed by atoms with Crippen molar-refractivity contribution in [2.45, 2.75) is 12.8 Å². The van der Waals surface area contributed by atoms with Gasteiger partial charge in [0, 0.05) is 12.5 Å². The molecule has 0 saturated carbocycles. The van der Waals surface area contributed by atoms with Crippen LogP contribution < -0.4 is 10.1 Å². The molecule has 0 spiro atoms. The van der Waals surface area contributed by atoms with Gasteiger partial charge in [-0.3, -0.25) is 0 Å². The summed E-state index contributed by atoms with van der Waals surface area (Å²) in [6, 6.07) is 10.0. The van der Waals surface area contributed by atoms with Gasteiger partial charge in [-0.25, -0.2) is 0 Å². The van der Waals surface area contributed by atoms with Gasteiger partial charge in [0.05, 0.1) is 6.61 Å². The molecule has 1 saturated heterocycles. The third kappa shape index (κ3) is 2.74. The van der Waals surface area contributed by atoms with E-state index in [0.717, 1.165) is 18.9 Å². The van der Waals surface area contributed by atoms with Gasteiger partial charge in [-0.05, 0) is 31.5 Å². The van der Waals surface area contributed by atoms with Crippen molar-refractivity contribution in [1.82, 2.24) is 5.32 Å². The molecule has 1 aromatic rings. The van der Waals surface area contributed by atoms with Gasteiger partial charge in [-0.15, -0.1) is 0 Å². The number of piperidine rings is 1. The van der Waals surface area contributed by atoms with Gasteiger partial charge in [0.15, 0.2) is 0 Å². The summed E-state index contributed by atoms with van der Waals surface area (Å²) in [5.41, 5.74) is 0. The lowest BCUT2D eigenvalue weighted by atomic mass is 10.0. The Hall–Kier alpha value is -1.02. The number of hydrogen-bond donors (Lipinski definition) is 1. The van der Waals surface area contributed by atoms with Gasteiger partial charge >= 0.3 is 0 Å². The van der Waals surface area contributed by atoms with Crippen LogP contribution in [0.4, 0.5) is 0 Å². The molecule has 2 nitrogen and oxygen atoms in total. The minimum absolute atomic E-state index is 0.684. The Morgan fingerprint density at radius 3 is 2.86 bits per heavy atom. The molecular formula is C12H17NO. The van der Waals surface area contributed by atoms with E-state index < -0.39 is 0 Å². The summed E-state index contributed by atoms with van der Waals surface area (Å²) >= 11 is 0. The molecule has 1 aliphatic heterocycles. The Balaban J connectivity index is 1.76. The fraction of sp³-hybridized carbons (Fsp3) is 0.500. The number of ether oxygens (including phenoxy) is 1. The normalized spacial score (nSPS) is 21.9. The fourth-order valence-corrected chi connectivity index (χ4v) is 1.80. The molecule has 76 valence electrons. The molecule has 0 amide bonds. The summed E-state index contributed by atoms with van der Waals surface area (Å²) in [4.78, 5) is 0. The van der Waals surface area contributed by atoms with Crippen LogP contribution in [0.3, 0.4) is 0 Å². The highest BCUT2D eigenvalue weighted by molar-refractivity contribution is 5.20. The predicted octanol–water partition coefficient (Wildman–Crippen LogP) is 2.06. The zero-order valence-electron chi connectivity index (χ0n) is 8.41. The smallest absolute Gasteiger partial charge is 0.119 e. The van der Waals surface area contributed by atoms with Gasteiger partial charge < -0.3 is 10.1 Å². The van der Waals surface area contributed by atoms with Crippen molar-refractivity contribution in [3.8, 4) is 5.75 Å². The van der Waals surface area contributed by atoms with E-state index in [1.54, 1.807) is 0 Å². The summed E-state index contributed by atoms with van der Waals surface area (Å²) in [6.45, 7) is 3.12. The maximum Gasteiger partial charge on any atom is 0.119 e. The van der Waals surface area contributed by atoms with Gasteiger partial charge in [-0.1, -0.05) is 18.2 Å². The SMILES string of the molecule is c1ccc(OC[C@@H]2CCCNC2)cc1. The average molecular weight is 191 g/mol. The highest BCUT2D eigenvalue weighted by Gasteiger charge is 2.12. The largest absolute Gasteiger partial charge is 0.493 e. The van der Waals surface area contributed by atoms with Crippen LogP contribution in [0.1, 0.15) is 12.8 Å². The lowest BCUT2D eigenvalue weighted by Crippen LogP contribution is -2.33. The van der Waals surface area contributed by atoms with Crippen LogP contribution >= 0.6 is 0 Å². The summed E-state index contributed by atoms with van der Waals surface area (Å²) in [5, 5.41) is 3.39. The van der Waals surface area contributed by atoms with E-state index in [1.807, 2.05) is 30.3 Å². The van der Waals surface area contributed by atoms with Gasteiger partial charge in [0.25, 0.3) is 0 Å². The van der Waals surface area contributed by atoms with Crippen molar-refractivity contribution < 1.29 is 4.74 Å². The number of hydrogen-bond acceptors (Lipinski definition) is 2. The minimum Gasteiger partial charge on any atom is -0.493 e. The van der Waals surface area contributed by atoms with Crippen molar-refractivity contribution in [1.29, 1.82) is 0 Å². The van der Waals surface area contributed by atoms with Crippen LogP contribution in [0.2, 0.25) is 0 Å². The lowest BCUT2D eigenvalue weighted by Gasteiger charge is -2.22. The first-order valence-electron chi connectivity index (χ1n) is 5.34. The second-order valence-electron chi connectivity index (χ2n) is 3.84. The molecule has 2 heteroatoms. The average Bonchev–Trinajstić information content (AvgIpc) is 2.29. The van der Waals surface area contributed by atoms with Gasteiger partial charge in [0.2, 0.25) is 0 Å². The predicted molar refractivity (Wildman–Crippen MR) is 57.5 cm³/mol. The molecule has 0 aliphatic carbocycles. The molecule has 0 radical (unpaired) electrons. The summed E-state index contributed by atoms with van der Waals surface area (Å²) < 4.78 is 5.71. The van der Waals surface area contributed by atoms with E-state index in [9.17, 15) is 0 Å². The first-order valence-corrected chi connectivity index (χ1v) is 5.34. The van der Waals surface area contributed by atoms with Crippen molar-refractivity contribution in [2.24, 2.45) is 5.92 Å². The van der Waals surface area contributed by atoms with E-state index in [2.05, 4.69) is 5.32 Å². The number of para-hydroxylation sites is 1. The van der Waals surface area contributed by atoms with Crippen molar-refractivity contribution in [3.05, 3.63) is 30.3 Å². The Kier molecular flexibility index (Phi) is 3.41. The lowest BCUT2D eigenvalue weighted by molar-refractivity contribution is 0.218. The first-order chi connectivity index (χ1) is 6.95. The Morgan fingerprint density at radius 1 is 1.29 bits per heavy atom. The topological polar surface area (TPSA) is 21.3 Å². The highest BCUT2D eigenvalue weighted by Crippen LogP contribution is 2.14. The molecule has 1 heterocycles. The maximum atomic E-state index is 5.71.